The molecule has 0 saturated heterocycles. The van der Waals surface area contributed by atoms with Crippen molar-refractivity contribution >= 4 is 19.9 Å². The number of rotatable bonds is 4. The van der Waals surface area contributed by atoms with Gasteiger partial charge in [-0.05, 0) is 26.0 Å². The molecule has 0 saturated carbocycles. The van der Waals surface area contributed by atoms with E-state index in [0.29, 0.717) is 0 Å². The molecule has 0 spiro atoms. The second-order valence-electron chi connectivity index (χ2n) is 3.03. The minimum absolute atomic E-state index is 0.166. The standard InChI is InChI=1S/C9H12O4S2/c1-7-3-5-9(6-4-7)15(11,12)14-13-8(2)10/h3-6,8,10H,1-2H3. The van der Waals surface area contributed by atoms with Crippen LogP contribution in [0, 0.1) is 6.92 Å². The Labute approximate surface area is 92.8 Å². The van der Waals surface area contributed by atoms with Crippen molar-refractivity contribution in [3.63, 3.8) is 0 Å². The van der Waals surface area contributed by atoms with Crippen LogP contribution in [-0.4, -0.2) is 19.8 Å². The summed E-state index contributed by atoms with van der Waals surface area (Å²) in [5, 5.41) is 8.80. The zero-order valence-electron chi connectivity index (χ0n) is 8.38. The van der Waals surface area contributed by atoms with Crippen LogP contribution in [-0.2, 0) is 13.1 Å². The molecule has 15 heavy (non-hydrogen) atoms. The van der Waals surface area contributed by atoms with E-state index < -0.39 is 15.2 Å². The van der Waals surface area contributed by atoms with Gasteiger partial charge in [0, 0.05) is 0 Å². The van der Waals surface area contributed by atoms with Gasteiger partial charge in [0.25, 0.3) is 8.87 Å². The van der Waals surface area contributed by atoms with Crippen LogP contribution in [0.4, 0.5) is 0 Å². The Kier molecular flexibility index (Phi) is 4.15. The van der Waals surface area contributed by atoms with E-state index in [0.717, 1.165) is 5.56 Å². The van der Waals surface area contributed by atoms with Gasteiger partial charge in [0.2, 0.25) is 0 Å². The average Bonchev–Trinajstić information content (AvgIpc) is 2.16. The highest BCUT2D eigenvalue weighted by Crippen LogP contribution is 2.24. The Balaban J connectivity index is 2.82. The number of hydrogen-bond acceptors (Lipinski definition) is 5. The fourth-order valence-electron chi connectivity index (χ4n) is 0.853. The van der Waals surface area contributed by atoms with E-state index in [1.165, 1.54) is 19.1 Å². The molecule has 0 radical (unpaired) electrons. The lowest BCUT2D eigenvalue weighted by Gasteiger charge is -2.05. The summed E-state index contributed by atoms with van der Waals surface area (Å²) in [5.74, 6) is 0. The van der Waals surface area contributed by atoms with Crippen LogP contribution in [0.5, 0.6) is 0 Å². The van der Waals surface area contributed by atoms with Gasteiger partial charge in [0.1, 0.15) is 11.1 Å². The lowest BCUT2D eigenvalue weighted by Crippen LogP contribution is -2.04. The van der Waals surface area contributed by atoms with Crippen LogP contribution in [0.3, 0.4) is 0 Å². The summed E-state index contributed by atoms with van der Waals surface area (Å²) in [5.41, 5.74) is 0.982. The van der Waals surface area contributed by atoms with Crippen LogP contribution in [0.25, 0.3) is 0 Å². The second-order valence-corrected chi connectivity index (χ2v) is 6.46. The molecule has 1 N–H and O–H groups in total. The SMILES string of the molecule is Cc1ccc(S(=O)(=O)SOC(C)O)cc1. The molecule has 0 bridgehead atoms. The molecule has 0 amide bonds. The Morgan fingerprint density at radius 2 is 1.87 bits per heavy atom. The van der Waals surface area contributed by atoms with Crippen LogP contribution in [0.15, 0.2) is 29.2 Å². The lowest BCUT2D eigenvalue weighted by atomic mass is 10.2. The molecule has 0 aromatic heterocycles. The molecule has 0 aliphatic rings. The van der Waals surface area contributed by atoms with E-state index in [1.54, 1.807) is 12.1 Å². The molecule has 0 fully saturated rings. The molecule has 6 heteroatoms. The van der Waals surface area contributed by atoms with E-state index in [4.69, 9.17) is 5.11 Å². The van der Waals surface area contributed by atoms with E-state index in [2.05, 4.69) is 4.18 Å². The predicted octanol–water partition coefficient (Wildman–Crippen LogP) is 1.69. The van der Waals surface area contributed by atoms with Gasteiger partial charge in [-0.2, -0.15) is 0 Å². The second kappa shape index (κ2) is 4.98. The van der Waals surface area contributed by atoms with Gasteiger partial charge >= 0.3 is 0 Å². The molecule has 84 valence electrons. The predicted molar refractivity (Wildman–Crippen MR) is 58.7 cm³/mol. The maximum atomic E-state index is 11.6. The van der Waals surface area contributed by atoms with Gasteiger partial charge in [0.05, 0.1) is 4.90 Å². The highest BCUT2D eigenvalue weighted by Gasteiger charge is 2.17. The molecule has 1 rings (SSSR count). The zero-order chi connectivity index (χ0) is 11.5. The van der Waals surface area contributed by atoms with Crippen molar-refractivity contribution in [3.8, 4) is 0 Å². The number of aliphatic hydroxyl groups is 1. The molecule has 1 unspecified atom stereocenters. The van der Waals surface area contributed by atoms with E-state index in [1.807, 2.05) is 6.92 Å². The number of aryl methyl sites for hydroxylation is 1. The van der Waals surface area contributed by atoms with Crippen molar-refractivity contribution in [3.05, 3.63) is 29.8 Å². The minimum atomic E-state index is -3.54. The van der Waals surface area contributed by atoms with Gasteiger partial charge < -0.3 is 5.11 Å². The average molecular weight is 248 g/mol. The highest BCUT2D eigenvalue weighted by molar-refractivity contribution is 8.70. The summed E-state index contributed by atoms with van der Waals surface area (Å²) in [6, 6.07) is 6.41. The Morgan fingerprint density at radius 1 is 1.33 bits per heavy atom. The molecular formula is C9H12O4S2. The van der Waals surface area contributed by atoms with Gasteiger partial charge in [0.15, 0.2) is 6.29 Å². The molecule has 0 heterocycles. The maximum Gasteiger partial charge on any atom is 0.255 e. The van der Waals surface area contributed by atoms with Gasteiger partial charge in [-0.1, -0.05) is 17.7 Å². The van der Waals surface area contributed by atoms with Crippen molar-refractivity contribution in [1.29, 1.82) is 0 Å². The first kappa shape index (κ1) is 12.5. The summed E-state index contributed by atoms with van der Waals surface area (Å²) >= 11 is 0.268. The molecular weight excluding hydrogens is 236 g/mol. The minimum Gasteiger partial charge on any atom is -0.367 e. The van der Waals surface area contributed by atoms with E-state index in [-0.39, 0.29) is 16.0 Å². The van der Waals surface area contributed by atoms with E-state index >= 15 is 0 Å². The van der Waals surface area contributed by atoms with Crippen LogP contribution >= 0.6 is 11.1 Å². The molecule has 1 atom stereocenters. The highest BCUT2D eigenvalue weighted by atomic mass is 33.1. The monoisotopic (exact) mass is 248 g/mol. The van der Waals surface area contributed by atoms with Gasteiger partial charge in [-0.25, -0.2) is 8.42 Å². The summed E-state index contributed by atoms with van der Waals surface area (Å²) in [6.45, 7) is 3.22. The van der Waals surface area contributed by atoms with E-state index in [9.17, 15) is 8.42 Å². The fraction of sp³-hybridized carbons (Fsp3) is 0.333. The Morgan fingerprint density at radius 3 is 2.33 bits per heavy atom. The number of benzene rings is 1. The van der Waals surface area contributed by atoms with Crippen molar-refractivity contribution in [2.75, 3.05) is 0 Å². The topological polar surface area (TPSA) is 63.6 Å². The molecule has 0 aliphatic heterocycles. The van der Waals surface area contributed by atoms with Crippen LogP contribution in [0.2, 0.25) is 0 Å². The number of hydrogen-bond donors (Lipinski definition) is 1. The first-order chi connectivity index (χ1) is 6.92. The van der Waals surface area contributed by atoms with Crippen molar-refractivity contribution < 1.29 is 17.7 Å². The third kappa shape index (κ3) is 3.83. The third-order valence-corrected chi connectivity index (χ3v) is 4.31. The van der Waals surface area contributed by atoms with Gasteiger partial charge in [-0.3, -0.25) is 4.18 Å². The summed E-state index contributed by atoms with van der Waals surface area (Å²) in [4.78, 5) is 0.166. The van der Waals surface area contributed by atoms with Crippen molar-refractivity contribution in [2.24, 2.45) is 0 Å². The van der Waals surface area contributed by atoms with Crippen molar-refractivity contribution in [1.82, 2.24) is 0 Å². The fourth-order valence-corrected chi connectivity index (χ4v) is 2.84. The molecule has 4 nitrogen and oxygen atoms in total. The van der Waals surface area contributed by atoms with Gasteiger partial charge in [-0.15, -0.1) is 0 Å². The smallest absolute Gasteiger partial charge is 0.255 e. The molecule has 0 aliphatic carbocycles. The Bertz CT molecular complexity index is 408. The summed E-state index contributed by atoms with van der Waals surface area (Å²) in [6.07, 6.45) is -1.12. The first-order valence-electron chi connectivity index (χ1n) is 4.26. The largest absolute Gasteiger partial charge is 0.367 e. The maximum absolute atomic E-state index is 11.6. The lowest BCUT2D eigenvalue weighted by molar-refractivity contribution is 0.0181. The summed E-state index contributed by atoms with van der Waals surface area (Å²) < 4.78 is 27.7. The van der Waals surface area contributed by atoms with Crippen LogP contribution in [0.1, 0.15) is 12.5 Å². The Hall–Kier alpha value is -0.560. The quantitative estimate of drug-likeness (QED) is 0.499. The molecule has 1 aromatic rings. The van der Waals surface area contributed by atoms with Crippen molar-refractivity contribution in [2.45, 2.75) is 25.0 Å². The zero-order valence-corrected chi connectivity index (χ0v) is 10.0. The van der Waals surface area contributed by atoms with Crippen LogP contribution < -0.4 is 0 Å². The number of aliphatic hydroxyl groups excluding tert-OH is 1. The molecule has 1 aromatic carbocycles. The third-order valence-electron chi connectivity index (χ3n) is 1.58. The first-order valence-corrected chi connectivity index (χ1v) is 7.00. The normalized spacial score (nSPS) is 13.8. The summed E-state index contributed by atoms with van der Waals surface area (Å²) in [7, 11) is -3.54.